The average molecular weight is 623 g/mol. The Morgan fingerprint density at radius 2 is 1.48 bits per heavy atom. The zero-order chi connectivity index (χ0) is 32.5. The first-order valence-electron chi connectivity index (χ1n) is 17.2. The van der Waals surface area contributed by atoms with Gasteiger partial charge in [0, 0.05) is 40.1 Å². The highest BCUT2D eigenvalue weighted by Crippen LogP contribution is 2.52. The molecule has 3 aromatic heterocycles. The van der Waals surface area contributed by atoms with Gasteiger partial charge in [-0.1, -0.05) is 75.4 Å². The molecule has 0 saturated heterocycles. The minimum Gasteiger partial charge on any atom is -0.454 e. The van der Waals surface area contributed by atoms with Crippen LogP contribution in [0, 0.1) is 19.3 Å². The Labute approximate surface area is 281 Å². The van der Waals surface area contributed by atoms with Gasteiger partial charge in [-0.25, -0.2) is 0 Å². The Morgan fingerprint density at radius 1 is 0.708 bits per heavy atom. The maximum Gasteiger partial charge on any atom is 0.417 e. The van der Waals surface area contributed by atoms with Crippen LogP contribution in [0.25, 0.3) is 61.7 Å². The Kier molecular flexibility index (Phi) is 5.45. The number of fused-ring (bicyclic) bond motifs is 16. The molecule has 0 N–H and O–H groups in total. The molecule has 0 saturated carbocycles. The lowest BCUT2D eigenvalue weighted by Crippen LogP contribution is -2.71. The number of aromatic nitrogens is 2. The fourth-order valence-corrected chi connectivity index (χ4v) is 9.15. The third-order valence-electron chi connectivity index (χ3n) is 11.0. The van der Waals surface area contributed by atoms with E-state index in [0.29, 0.717) is 0 Å². The first-order valence-corrected chi connectivity index (χ1v) is 17.2. The molecule has 1 unspecified atom stereocenters. The van der Waals surface area contributed by atoms with E-state index in [-0.39, 0.29) is 5.41 Å². The normalized spacial score (nSPS) is 16.9. The summed E-state index contributed by atoms with van der Waals surface area (Å²) in [6.45, 7) is 11.6. The summed E-state index contributed by atoms with van der Waals surface area (Å²) >= 11 is 0. The average Bonchev–Trinajstić information content (AvgIpc) is 3.82. The highest BCUT2D eigenvalue weighted by atomic mass is 16.3. The third kappa shape index (κ3) is 3.49. The van der Waals surface area contributed by atoms with Crippen LogP contribution in [0.3, 0.4) is 0 Å². The number of rotatable bonds is 2. The van der Waals surface area contributed by atoms with E-state index >= 15 is 0 Å². The number of nitrogens with zero attached hydrogens (tertiary/aromatic N) is 2. The maximum atomic E-state index is 7.10. The molecule has 4 aromatic carbocycles. The van der Waals surface area contributed by atoms with E-state index in [4.69, 9.17) is 4.42 Å². The van der Waals surface area contributed by atoms with Crippen LogP contribution in [0.15, 0.2) is 114 Å². The van der Waals surface area contributed by atoms with Crippen molar-refractivity contribution in [2.75, 3.05) is 0 Å². The second-order valence-electron chi connectivity index (χ2n) is 15.2. The van der Waals surface area contributed by atoms with Crippen molar-refractivity contribution in [3.05, 3.63) is 148 Å². The molecule has 7 aromatic rings. The van der Waals surface area contributed by atoms with Gasteiger partial charge in [0.05, 0.1) is 5.56 Å². The van der Waals surface area contributed by atoms with Gasteiger partial charge >= 0.3 is 5.66 Å². The van der Waals surface area contributed by atoms with E-state index in [1.54, 1.807) is 0 Å². The Hall–Kier alpha value is -5.28. The lowest BCUT2D eigenvalue weighted by molar-refractivity contribution is -0.955. The van der Waals surface area contributed by atoms with Gasteiger partial charge in [0.15, 0.2) is 12.4 Å². The molecule has 232 valence electrons. The van der Waals surface area contributed by atoms with Crippen LogP contribution in [-0.4, -0.2) is 0 Å². The number of benzene rings is 4. The molecule has 1 aliphatic carbocycles. The number of pyridine rings is 2. The number of hydrogen-bond acceptors (Lipinski definition) is 1. The molecule has 3 heteroatoms. The Balaban J connectivity index is 1.41. The first-order chi connectivity index (χ1) is 23.3. The van der Waals surface area contributed by atoms with Crippen molar-refractivity contribution in [3.63, 3.8) is 0 Å². The monoisotopic (exact) mass is 622 g/mol. The van der Waals surface area contributed by atoms with Gasteiger partial charge < -0.3 is 4.42 Å². The van der Waals surface area contributed by atoms with Crippen molar-refractivity contribution < 1.29 is 13.6 Å². The molecule has 0 bridgehead atoms. The minimum absolute atomic E-state index is 0.0945. The SMILES string of the molecule is Cc1cccc(C)c1-c1cc2[n+](cc1CC(C)(C)C)C1(c3ccccc3-c3cccc[n+]31)c1ccc3c(oc4c5c(ccc43)CC=C5)c1-2. The predicted octanol–water partition coefficient (Wildman–Crippen LogP) is 9.86. The van der Waals surface area contributed by atoms with Gasteiger partial charge in [-0.3, -0.25) is 0 Å². The highest BCUT2D eigenvalue weighted by molar-refractivity contribution is 6.12. The van der Waals surface area contributed by atoms with E-state index in [1.807, 2.05) is 0 Å². The molecule has 0 amide bonds. The van der Waals surface area contributed by atoms with Crippen molar-refractivity contribution in [1.82, 2.24) is 0 Å². The fourth-order valence-electron chi connectivity index (χ4n) is 9.15. The van der Waals surface area contributed by atoms with Gasteiger partial charge in [-0.15, -0.1) is 9.13 Å². The van der Waals surface area contributed by atoms with Crippen LogP contribution in [0.5, 0.6) is 0 Å². The van der Waals surface area contributed by atoms with Crippen LogP contribution >= 0.6 is 0 Å². The van der Waals surface area contributed by atoms with Crippen molar-refractivity contribution in [3.8, 4) is 33.6 Å². The maximum absolute atomic E-state index is 7.10. The third-order valence-corrected chi connectivity index (χ3v) is 11.0. The van der Waals surface area contributed by atoms with Crippen LogP contribution in [0.2, 0.25) is 0 Å². The minimum atomic E-state index is -0.598. The smallest absolute Gasteiger partial charge is 0.417 e. The quantitative estimate of drug-likeness (QED) is 0.176. The molecule has 2 aliphatic heterocycles. The molecule has 1 atom stereocenters. The number of hydrogen-bond donors (Lipinski definition) is 0. The zero-order valence-electron chi connectivity index (χ0n) is 28.2. The van der Waals surface area contributed by atoms with Gasteiger partial charge in [0.1, 0.15) is 27.9 Å². The number of allylic oxidation sites excluding steroid dienone is 1. The standard InChI is InChI=1S/C45H38N2O/c1-27-12-10-13-28(2)40(27)35-24-39-41-37(22-21-33-32-20-19-29-14-11-16-31(29)42(32)48-43(33)41)45(47(39)26-30(35)25-44(3,4)5)36-17-7-6-15-34(36)38-18-8-9-23-46(38)45/h6-13,15-24,26H,14,25H2,1-5H3/q+2. The molecule has 3 aliphatic rings. The summed E-state index contributed by atoms with van der Waals surface area (Å²) in [4.78, 5) is 0. The summed E-state index contributed by atoms with van der Waals surface area (Å²) in [5.41, 5.74) is 18.1. The number of aryl methyl sites for hydroxylation is 2. The van der Waals surface area contributed by atoms with Gasteiger partial charge in [0.2, 0.25) is 11.4 Å². The summed E-state index contributed by atoms with van der Waals surface area (Å²) in [6, 6.07) is 34.0. The first kappa shape index (κ1) is 27.8. The van der Waals surface area contributed by atoms with Crippen LogP contribution in [-0.2, 0) is 18.5 Å². The molecule has 3 nitrogen and oxygen atoms in total. The lowest BCUT2D eigenvalue weighted by Gasteiger charge is -2.23. The van der Waals surface area contributed by atoms with Crippen molar-refractivity contribution in [1.29, 1.82) is 0 Å². The van der Waals surface area contributed by atoms with Gasteiger partial charge in [-0.2, -0.15) is 0 Å². The largest absolute Gasteiger partial charge is 0.454 e. The van der Waals surface area contributed by atoms with E-state index in [2.05, 4.69) is 159 Å². The van der Waals surface area contributed by atoms with E-state index in [9.17, 15) is 0 Å². The van der Waals surface area contributed by atoms with Crippen LogP contribution in [0.4, 0.5) is 0 Å². The summed E-state index contributed by atoms with van der Waals surface area (Å²) < 4.78 is 12.2. The molecular weight excluding hydrogens is 585 g/mol. The topological polar surface area (TPSA) is 20.9 Å². The van der Waals surface area contributed by atoms with E-state index in [1.165, 1.54) is 83.4 Å². The van der Waals surface area contributed by atoms with Crippen molar-refractivity contribution in [2.45, 2.75) is 53.1 Å². The summed E-state index contributed by atoms with van der Waals surface area (Å²) in [5, 5.41) is 2.36. The predicted molar refractivity (Wildman–Crippen MR) is 194 cm³/mol. The number of furan rings is 1. The van der Waals surface area contributed by atoms with Crippen molar-refractivity contribution >= 4 is 28.0 Å². The highest BCUT2D eigenvalue weighted by Gasteiger charge is 2.67. The molecule has 1 spiro atoms. The van der Waals surface area contributed by atoms with Crippen molar-refractivity contribution in [2.24, 2.45) is 5.41 Å². The Morgan fingerprint density at radius 3 is 2.31 bits per heavy atom. The summed E-state index contributed by atoms with van der Waals surface area (Å²) in [7, 11) is 0. The van der Waals surface area contributed by atoms with Crippen LogP contribution < -0.4 is 9.13 Å². The summed E-state index contributed by atoms with van der Waals surface area (Å²) in [5.74, 6) is 0. The molecule has 5 heterocycles. The molecular formula is C45H38N2O+2. The molecule has 48 heavy (non-hydrogen) atoms. The lowest BCUT2D eigenvalue weighted by atomic mass is 9.83. The second kappa shape index (κ2) is 9.41. The van der Waals surface area contributed by atoms with E-state index in [0.717, 1.165) is 24.0 Å². The molecule has 10 rings (SSSR count). The summed E-state index contributed by atoms with van der Waals surface area (Å²) in [6.07, 6.45) is 11.2. The van der Waals surface area contributed by atoms with Gasteiger partial charge in [-0.05, 0) is 90.3 Å². The van der Waals surface area contributed by atoms with Crippen LogP contribution in [0.1, 0.15) is 59.7 Å². The second-order valence-corrected chi connectivity index (χ2v) is 15.2. The molecule has 0 fully saturated rings. The Bertz CT molecular complexity index is 2510. The van der Waals surface area contributed by atoms with Gasteiger partial charge in [0.25, 0.3) is 0 Å². The molecule has 0 radical (unpaired) electrons. The fraction of sp³-hybridized carbons (Fsp3) is 0.200. The van der Waals surface area contributed by atoms with E-state index < -0.39 is 5.66 Å². The zero-order valence-corrected chi connectivity index (χ0v) is 28.2.